The number of rotatable bonds is 8. The standard InChI is InChI=1S/C18H20BrCl2NO3/c1-3-5-25-17-9-13(19)11(6-16(17)24-4-2)10-22-12-7-14(20)18(23)15(21)8-12/h6-9,22-23H,3-5,10H2,1-2H3. The van der Waals surface area contributed by atoms with Gasteiger partial charge in [-0.05, 0) is 43.2 Å². The summed E-state index contributed by atoms with van der Waals surface area (Å²) in [6.07, 6.45) is 0.925. The topological polar surface area (TPSA) is 50.7 Å². The Labute approximate surface area is 166 Å². The summed E-state index contributed by atoms with van der Waals surface area (Å²) in [6.45, 7) is 5.70. The number of hydrogen-bond donors (Lipinski definition) is 2. The third kappa shape index (κ3) is 5.33. The summed E-state index contributed by atoms with van der Waals surface area (Å²) in [6, 6.07) is 7.10. The van der Waals surface area contributed by atoms with Gasteiger partial charge >= 0.3 is 0 Å². The fourth-order valence-corrected chi connectivity index (χ4v) is 3.12. The molecule has 0 aromatic heterocycles. The molecule has 0 aliphatic heterocycles. The van der Waals surface area contributed by atoms with Crippen LogP contribution in [0, 0.1) is 0 Å². The Kier molecular flexibility index (Phi) is 7.54. The van der Waals surface area contributed by atoms with Crippen LogP contribution >= 0.6 is 39.1 Å². The molecule has 2 rings (SSSR count). The Morgan fingerprint density at radius 3 is 2.28 bits per heavy atom. The van der Waals surface area contributed by atoms with Gasteiger partial charge in [-0.25, -0.2) is 0 Å². The molecule has 0 unspecified atom stereocenters. The molecule has 0 bridgehead atoms. The van der Waals surface area contributed by atoms with Crippen LogP contribution in [-0.2, 0) is 6.54 Å². The minimum Gasteiger partial charge on any atom is -0.505 e. The second-order valence-electron chi connectivity index (χ2n) is 5.31. The quantitative estimate of drug-likeness (QED) is 0.467. The molecule has 2 aromatic rings. The van der Waals surface area contributed by atoms with E-state index >= 15 is 0 Å². The molecule has 136 valence electrons. The van der Waals surface area contributed by atoms with Gasteiger partial charge in [-0.15, -0.1) is 0 Å². The number of phenolic OH excluding ortho intramolecular Hbond substituents is 1. The molecule has 0 saturated heterocycles. The highest BCUT2D eigenvalue weighted by Gasteiger charge is 2.12. The molecule has 0 heterocycles. The second kappa shape index (κ2) is 9.41. The zero-order chi connectivity index (χ0) is 18.4. The molecular weight excluding hydrogens is 429 g/mol. The molecule has 0 atom stereocenters. The normalized spacial score (nSPS) is 10.6. The van der Waals surface area contributed by atoms with Gasteiger partial charge in [0.1, 0.15) is 0 Å². The first-order chi connectivity index (χ1) is 12.0. The van der Waals surface area contributed by atoms with E-state index < -0.39 is 0 Å². The Morgan fingerprint density at radius 2 is 1.68 bits per heavy atom. The largest absolute Gasteiger partial charge is 0.505 e. The monoisotopic (exact) mass is 447 g/mol. The molecule has 0 fully saturated rings. The first-order valence-electron chi connectivity index (χ1n) is 7.96. The van der Waals surface area contributed by atoms with Crippen molar-refractivity contribution in [3.63, 3.8) is 0 Å². The zero-order valence-electron chi connectivity index (χ0n) is 14.0. The van der Waals surface area contributed by atoms with E-state index in [9.17, 15) is 5.11 Å². The number of anilines is 1. The van der Waals surface area contributed by atoms with E-state index in [2.05, 4.69) is 28.2 Å². The van der Waals surface area contributed by atoms with E-state index in [4.69, 9.17) is 32.7 Å². The summed E-state index contributed by atoms with van der Waals surface area (Å²) in [5.41, 5.74) is 1.71. The van der Waals surface area contributed by atoms with Crippen LogP contribution in [0.2, 0.25) is 10.0 Å². The Morgan fingerprint density at radius 1 is 1.04 bits per heavy atom. The number of aromatic hydroxyl groups is 1. The fourth-order valence-electron chi connectivity index (χ4n) is 2.17. The Hall–Kier alpha value is -1.30. The van der Waals surface area contributed by atoms with Crippen molar-refractivity contribution in [2.45, 2.75) is 26.8 Å². The van der Waals surface area contributed by atoms with Crippen molar-refractivity contribution < 1.29 is 14.6 Å². The van der Waals surface area contributed by atoms with Gasteiger partial charge in [0, 0.05) is 16.7 Å². The zero-order valence-corrected chi connectivity index (χ0v) is 17.1. The number of benzene rings is 2. The van der Waals surface area contributed by atoms with Crippen LogP contribution in [0.3, 0.4) is 0 Å². The molecular formula is C18H20BrCl2NO3. The summed E-state index contributed by atoms with van der Waals surface area (Å²) < 4.78 is 12.3. The first kappa shape index (κ1) is 20.0. The minimum atomic E-state index is -0.119. The highest BCUT2D eigenvalue weighted by Crippen LogP contribution is 2.36. The molecule has 25 heavy (non-hydrogen) atoms. The lowest BCUT2D eigenvalue weighted by atomic mass is 10.2. The summed E-state index contributed by atoms with van der Waals surface area (Å²) in [4.78, 5) is 0. The molecule has 0 aliphatic rings. The second-order valence-corrected chi connectivity index (χ2v) is 6.98. The van der Waals surface area contributed by atoms with Gasteiger partial charge in [-0.1, -0.05) is 46.1 Å². The van der Waals surface area contributed by atoms with Crippen LogP contribution in [0.1, 0.15) is 25.8 Å². The summed E-state index contributed by atoms with van der Waals surface area (Å²) in [5, 5.41) is 13.3. The number of nitrogens with one attached hydrogen (secondary N) is 1. The van der Waals surface area contributed by atoms with Gasteiger partial charge in [-0.2, -0.15) is 0 Å². The SMILES string of the molecule is CCCOc1cc(Br)c(CNc2cc(Cl)c(O)c(Cl)c2)cc1OCC. The summed E-state index contributed by atoms with van der Waals surface area (Å²) >= 11 is 15.5. The molecule has 0 aliphatic carbocycles. The van der Waals surface area contributed by atoms with Crippen LogP contribution in [0.5, 0.6) is 17.2 Å². The average molecular weight is 449 g/mol. The van der Waals surface area contributed by atoms with Crippen molar-refractivity contribution in [3.05, 3.63) is 44.3 Å². The fraction of sp³-hybridized carbons (Fsp3) is 0.333. The van der Waals surface area contributed by atoms with Crippen molar-refractivity contribution >= 4 is 44.8 Å². The summed E-state index contributed by atoms with van der Waals surface area (Å²) in [5.74, 6) is 1.30. The van der Waals surface area contributed by atoms with Crippen molar-refractivity contribution in [2.75, 3.05) is 18.5 Å². The van der Waals surface area contributed by atoms with E-state index in [-0.39, 0.29) is 15.8 Å². The molecule has 0 amide bonds. The average Bonchev–Trinajstić information content (AvgIpc) is 2.58. The molecule has 2 aromatic carbocycles. The lowest BCUT2D eigenvalue weighted by Crippen LogP contribution is -2.04. The predicted octanol–water partition coefficient (Wildman–Crippen LogP) is 6.26. The van der Waals surface area contributed by atoms with Gasteiger partial charge < -0.3 is 19.9 Å². The maximum atomic E-state index is 9.63. The molecule has 0 radical (unpaired) electrons. The first-order valence-corrected chi connectivity index (χ1v) is 9.51. The smallest absolute Gasteiger partial charge is 0.162 e. The number of phenols is 1. The summed E-state index contributed by atoms with van der Waals surface area (Å²) in [7, 11) is 0. The van der Waals surface area contributed by atoms with E-state index in [0.29, 0.717) is 31.2 Å². The molecule has 7 heteroatoms. The van der Waals surface area contributed by atoms with Crippen molar-refractivity contribution in [1.29, 1.82) is 0 Å². The minimum absolute atomic E-state index is 0.119. The predicted molar refractivity (Wildman–Crippen MR) is 107 cm³/mol. The number of halogens is 3. The van der Waals surface area contributed by atoms with Gasteiger partial charge in [0.25, 0.3) is 0 Å². The Bertz CT molecular complexity index is 717. The maximum Gasteiger partial charge on any atom is 0.162 e. The van der Waals surface area contributed by atoms with Crippen LogP contribution < -0.4 is 14.8 Å². The molecule has 4 nitrogen and oxygen atoms in total. The van der Waals surface area contributed by atoms with Crippen LogP contribution in [-0.4, -0.2) is 18.3 Å². The van der Waals surface area contributed by atoms with Crippen LogP contribution in [0.4, 0.5) is 5.69 Å². The van der Waals surface area contributed by atoms with Gasteiger partial charge in [0.2, 0.25) is 0 Å². The highest BCUT2D eigenvalue weighted by molar-refractivity contribution is 9.10. The lowest BCUT2D eigenvalue weighted by molar-refractivity contribution is 0.276. The number of ether oxygens (including phenoxy) is 2. The van der Waals surface area contributed by atoms with E-state index in [0.717, 1.165) is 22.2 Å². The van der Waals surface area contributed by atoms with Gasteiger partial charge in [0.15, 0.2) is 17.2 Å². The lowest BCUT2D eigenvalue weighted by Gasteiger charge is -2.16. The molecule has 2 N–H and O–H groups in total. The van der Waals surface area contributed by atoms with Crippen molar-refractivity contribution in [2.24, 2.45) is 0 Å². The van der Waals surface area contributed by atoms with Gasteiger partial charge in [-0.3, -0.25) is 0 Å². The number of hydrogen-bond acceptors (Lipinski definition) is 4. The van der Waals surface area contributed by atoms with Gasteiger partial charge in [0.05, 0.1) is 23.3 Å². The van der Waals surface area contributed by atoms with E-state index in [1.54, 1.807) is 12.1 Å². The van der Waals surface area contributed by atoms with Crippen LogP contribution in [0.15, 0.2) is 28.7 Å². The van der Waals surface area contributed by atoms with E-state index in [1.807, 2.05) is 19.1 Å². The third-order valence-electron chi connectivity index (χ3n) is 3.37. The molecule has 0 spiro atoms. The van der Waals surface area contributed by atoms with Crippen molar-refractivity contribution in [3.8, 4) is 17.2 Å². The van der Waals surface area contributed by atoms with Crippen molar-refractivity contribution in [1.82, 2.24) is 0 Å². The Balaban J connectivity index is 2.20. The highest BCUT2D eigenvalue weighted by atomic mass is 79.9. The molecule has 0 saturated carbocycles. The maximum absolute atomic E-state index is 9.63. The van der Waals surface area contributed by atoms with E-state index in [1.165, 1.54) is 0 Å². The third-order valence-corrected chi connectivity index (χ3v) is 4.69. The van der Waals surface area contributed by atoms with Crippen LogP contribution in [0.25, 0.3) is 0 Å².